The average molecular weight is 289 g/mol. The molecule has 0 bridgehead atoms. The maximum absolute atomic E-state index is 4.47. The number of nitrogens with zero attached hydrogens (tertiary/aromatic N) is 5. The van der Waals surface area contributed by atoms with E-state index in [0.29, 0.717) is 11.3 Å². The van der Waals surface area contributed by atoms with Gasteiger partial charge in [-0.2, -0.15) is 0 Å². The summed E-state index contributed by atoms with van der Waals surface area (Å²) in [5, 5.41) is 8.93. The molecule has 0 N–H and O–H groups in total. The van der Waals surface area contributed by atoms with Crippen molar-refractivity contribution in [1.29, 1.82) is 0 Å². The normalized spacial score (nSPS) is 31.3. The quantitative estimate of drug-likeness (QED) is 0.847. The van der Waals surface area contributed by atoms with Crippen LogP contribution in [0.4, 0.5) is 0 Å². The van der Waals surface area contributed by atoms with Crippen molar-refractivity contribution in [3.8, 4) is 0 Å². The van der Waals surface area contributed by atoms with Gasteiger partial charge in [-0.25, -0.2) is 0 Å². The molecule has 116 valence electrons. The molecule has 3 heterocycles. The first-order valence-electron chi connectivity index (χ1n) is 8.44. The summed E-state index contributed by atoms with van der Waals surface area (Å²) in [5.74, 6) is 3.04. The van der Waals surface area contributed by atoms with Crippen LogP contribution < -0.4 is 0 Å². The zero-order valence-electron chi connectivity index (χ0n) is 13.4. The Kier molecular flexibility index (Phi) is 3.30. The Labute approximate surface area is 127 Å². The van der Waals surface area contributed by atoms with E-state index in [1.165, 1.54) is 64.1 Å². The first kappa shape index (κ1) is 13.7. The van der Waals surface area contributed by atoms with Crippen LogP contribution in [0.2, 0.25) is 0 Å². The summed E-state index contributed by atoms with van der Waals surface area (Å²) >= 11 is 0. The molecule has 2 aliphatic heterocycles. The van der Waals surface area contributed by atoms with Gasteiger partial charge in [-0.05, 0) is 51.2 Å². The van der Waals surface area contributed by atoms with Crippen LogP contribution >= 0.6 is 0 Å². The van der Waals surface area contributed by atoms with Crippen LogP contribution in [-0.2, 0) is 13.6 Å². The highest BCUT2D eigenvalue weighted by atomic mass is 15.3. The van der Waals surface area contributed by atoms with Gasteiger partial charge in [0, 0.05) is 26.1 Å². The molecule has 1 aromatic heterocycles. The second-order valence-corrected chi connectivity index (χ2v) is 7.61. The highest BCUT2D eigenvalue weighted by Crippen LogP contribution is 2.39. The Hall–Kier alpha value is -0.940. The third-order valence-corrected chi connectivity index (χ3v) is 5.98. The number of rotatable bonds is 3. The smallest absolute Gasteiger partial charge is 0.146 e. The van der Waals surface area contributed by atoms with Gasteiger partial charge in [0.25, 0.3) is 0 Å². The number of likely N-dealkylation sites (tertiary alicyclic amines) is 2. The van der Waals surface area contributed by atoms with Gasteiger partial charge in [0.15, 0.2) is 0 Å². The molecule has 4 rings (SSSR count). The molecule has 3 fully saturated rings. The van der Waals surface area contributed by atoms with Crippen molar-refractivity contribution in [3.05, 3.63) is 11.6 Å². The highest BCUT2D eigenvalue weighted by Gasteiger charge is 2.42. The summed E-state index contributed by atoms with van der Waals surface area (Å²) < 4.78 is 2.26. The number of hydrogen-bond donors (Lipinski definition) is 0. The molecule has 5 nitrogen and oxygen atoms in total. The Bertz CT molecular complexity index is 521. The topological polar surface area (TPSA) is 37.2 Å². The minimum Gasteiger partial charge on any atom is -0.317 e. The minimum absolute atomic E-state index is 0.560. The van der Waals surface area contributed by atoms with Crippen molar-refractivity contribution in [3.63, 3.8) is 0 Å². The van der Waals surface area contributed by atoms with E-state index >= 15 is 0 Å². The van der Waals surface area contributed by atoms with Gasteiger partial charge in [-0.15, -0.1) is 10.2 Å². The first-order valence-corrected chi connectivity index (χ1v) is 8.44. The fourth-order valence-electron chi connectivity index (χ4n) is 4.39. The molecule has 0 amide bonds. The van der Waals surface area contributed by atoms with Gasteiger partial charge in [-0.3, -0.25) is 4.90 Å². The molecule has 1 spiro atoms. The lowest BCUT2D eigenvalue weighted by Crippen LogP contribution is -2.30. The lowest BCUT2D eigenvalue weighted by molar-refractivity contribution is 0.245. The lowest BCUT2D eigenvalue weighted by Gasteiger charge is -2.25. The summed E-state index contributed by atoms with van der Waals surface area (Å²) in [4.78, 5) is 5.08. The summed E-state index contributed by atoms with van der Waals surface area (Å²) in [6, 6.07) is 0. The first-order chi connectivity index (χ1) is 10.2. The zero-order chi connectivity index (χ0) is 14.4. The lowest BCUT2D eigenvalue weighted by atomic mass is 9.85. The molecule has 1 saturated carbocycles. The Morgan fingerprint density at radius 2 is 1.90 bits per heavy atom. The van der Waals surface area contributed by atoms with Crippen molar-refractivity contribution in [2.24, 2.45) is 12.5 Å². The zero-order valence-corrected chi connectivity index (χ0v) is 13.4. The van der Waals surface area contributed by atoms with E-state index in [1.807, 2.05) is 0 Å². The molecule has 0 radical (unpaired) electrons. The summed E-state index contributed by atoms with van der Waals surface area (Å²) in [7, 11) is 4.41. The Morgan fingerprint density at radius 3 is 2.57 bits per heavy atom. The van der Waals surface area contributed by atoms with Gasteiger partial charge < -0.3 is 9.47 Å². The minimum atomic E-state index is 0.560. The molecule has 1 atom stereocenters. The maximum atomic E-state index is 4.47. The predicted octanol–water partition coefficient (Wildman–Crippen LogP) is 1.61. The molecule has 0 aromatic carbocycles. The molecule has 5 heteroatoms. The van der Waals surface area contributed by atoms with Crippen LogP contribution in [0, 0.1) is 5.41 Å². The molecule has 3 aliphatic rings. The van der Waals surface area contributed by atoms with E-state index in [-0.39, 0.29) is 0 Å². The van der Waals surface area contributed by atoms with Crippen LogP contribution in [-0.4, -0.2) is 57.8 Å². The average Bonchev–Trinajstić information content (AvgIpc) is 3.05. The molecule has 21 heavy (non-hydrogen) atoms. The van der Waals surface area contributed by atoms with E-state index in [0.717, 1.165) is 12.4 Å². The van der Waals surface area contributed by atoms with E-state index < -0.39 is 0 Å². The standard InChI is InChI=1S/C16H27N5/c1-19-8-6-16(11-19)7-9-21(12-16)10-14-17-18-15(20(14)2)13-4-3-5-13/h13H,3-12H2,1-2H3. The summed E-state index contributed by atoms with van der Waals surface area (Å²) in [6.07, 6.45) is 6.67. The number of aromatic nitrogens is 3. The van der Waals surface area contributed by atoms with Crippen LogP contribution in [0.5, 0.6) is 0 Å². The van der Waals surface area contributed by atoms with E-state index in [2.05, 4.69) is 38.7 Å². The Balaban J connectivity index is 1.42. The molecule has 1 aromatic rings. The monoisotopic (exact) mass is 289 g/mol. The van der Waals surface area contributed by atoms with Gasteiger partial charge in [0.05, 0.1) is 6.54 Å². The van der Waals surface area contributed by atoms with Crippen LogP contribution in [0.25, 0.3) is 0 Å². The molecular weight excluding hydrogens is 262 g/mol. The van der Waals surface area contributed by atoms with E-state index in [9.17, 15) is 0 Å². The largest absolute Gasteiger partial charge is 0.317 e. The summed E-state index contributed by atoms with van der Waals surface area (Å²) in [5.41, 5.74) is 0.560. The third kappa shape index (κ3) is 2.40. The fraction of sp³-hybridized carbons (Fsp3) is 0.875. The second-order valence-electron chi connectivity index (χ2n) is 7.61. The van der Waals surface area contributed by atoms with Crippen LogP contribution in [0.3, 0.4) is 0 Å². The van der Waals surface area contributed by atoms with E-state index in [1.54, 1.807) is 0 Å². The maximum Gasteiger partial charge on any atom is 0.146 e. The molecule has 1 unspecified atom stereocenters. The molecule has 2 saturated heterocycles. The second kappa shape index (κ2) is 5.06. The van der Waals surface area contributed by atoms with Crippen molar-refractivity contribution in [1.82, 2.24) is 24.6 Å². The van der Waals surface area contributed by atoms with Crippen LogP contribution in [0.15, 0.2) is 0 Å². The van der Waals surface area contributed by atoms with Crippen molar-refractivity contribution < 1.29 is 0 Å². The SMILES string of the molecule is CN1CCC2(CCN(Cc3nnc(C4CCC4)n3C)C2)C1. The third-order valence-electron chi connectivity index (χ3n) is 5.98. The molecular formula is C16H27N5. The van der Waals surface area contributed by atoms with Gasteiger partial charge in [0.2, 0.25) is 0 Å². The highest BCUT2D eigenvalue weighted by molar-refractivity contribution is 5.05. The predicted molar refractivity (Wildman–Crippen MR) is 82.0 cm³/mol. The van der Waals surface area contributed by atoms with Gasteiger partial charge >= 0.3 is 0 Å². The summed E-state index contributed by atoms with van der Waals surface area (Å²) in [6.45, 7) is 5.98. The van der Waals surface area contributed by atoms with Gasteiger partial charge in [-0.1, -0.05) is 6.42 Å². The Morgan fingerprint density at radius 1 is 1.10 bits per heavy atom. The van der Waals surface area contributed by atoms with Crippen molar-refractivity contribution in [2.45, 2.75) is 44.6 Å². The molecule has 1 aliphatic carbocycles. The fourth-order valence-corrected chi connectivity index (χ4v) is 4.39. The van der Waals surface area contributed by atoms with Gasteiger partial charge in [0.1, 0.15) is 11.6 Å². The van der Waals surface area contributed by atoms with Crippen molar-refractivity contribution in [2.75, 3.05) is 33.2 Å². The number of hydrogen-bond acceptors (Lipinski definition) is 4. The van der Waals surface area contributed by atoms with Crippen molar-refractivity contribution >= 4 is 0 Å². The van der Waals surface area contributed by atoms with E-state index in [4.69, 9.17) is 0 Å². The van der Waals surface area contributed by atoms with Crippen LogP contribution in [0.1, 0.15) is 49.7 Å².